The van der Waals surface area contributed by atoms with Crippen molar-refractivity contribution < 1.29 is 4.79 Å². The van der Waals surface area contributed by atoms with Crippen LogP contribution in [0.25, 0.3) is 22.2 Å². The molecular weight excluding hydrogens is 368 g/mol. The summed E-state index contributed by atoms with van der Waals surface area (Å²) in [4.78, 5) is 30.0. The third-order valence-corrected chi connectivity index (χ3v) is 4.58. The predicted octanol–water partition coefficient (Wildman–Crippen LogP) is 2.16. The SMILES string of the molecule is N#Cc1c[nH]c2ccc(CCNC(=O)c3ccc(-c4cnc(=O)[nH]n4)cc3)cc12. The van der Waals surface area contributed by atoms with Gasteiger partial charge < -0.3 is 10.3 Å². The van der Waals surface area contributed by atoms with E-state index in [2.05, 4.69) is 31.6 Å². The predicted molar refractivity (Wildman–Crippen MR) is 107 cm³/mol. The van der Waals surface area contributed by atoms with Crippen LogP contribution in [-0.4, -0.2) is 32.6 Å². The van der Waals surface area contributed by atoms with Gasteiger partial charge in [0.25, 0.3) is 5.91 Å². The van der Waals surface area contributed by atoms with E-state index in [-0.39, 0.29) is 5.91 Å². The van der Waals surface area contributed by atoms with Crippen LogP contribution in [0, 0.1) is 11.3 Å². The second-order valence-corrected chi connectivity index (χ2v) is 6.45. The molecule has 0 aliphatic heterocycles. The number of nitrogens with one attached hydrogen (secondary N) is 3. The summed E-state index contributed by atoms with van der Waals surface area (Å²) >= 11 is 0. The van der Waals surface area contributed by atoms with Gasteiger partial charge in [-0.2, -0.15) is 15.3 Å². The monoisotopic (exact) mass is 384 g/mol. The number of fused-ring (bicyclic) bond motifs is 1. The number of hydrogen-bond donors (Lipinski definition) is 3. The van der Waals surface area contributed by atoms with Gasteiger partial charge in [0.05, 0.1) is 11.8 Å². The topological polar surface area (TPSA) is 127 Å². The van der Waals surface area contributed by atoms with Crippen molar-refractivity contribution >= 4 is 16.8 Å². The lowest BCUT2D eigenvalue weighted by molar-refractivity contribution is 0.0954. The summed E-state index contributed by atoms with van der Waals surface area (Å²) in [5.74, 6) is -0.176. The van der Waals surface area contributed by atoms with Crippen LogP contribution in [-0.2, 0) is 6.42 Å². The van der Waals surface area contributed by atoms with Gasteiger partial charge in [-0.1, -0.05) is 18.2 Å². The minimum absolute atomic E-state index is 0.176. The molecule has 8 nitrogen and oxygen atoms in total. The lowest BCUT2D eigenvalue weighted by atomic mass is 10.1. The molecule has 29 heavy (non-hydrogen) atoms. The molecule has 2 heterocycles. The molecule has 1 amide bonds. The fraction of sp³-hybridized carbons (Fsp3) is 0.0952. The van der Waals surface area contributed by atoms with E-state index in [9.17, 15) is 9.59 Å². The summed E-state index contributed by atoms with van der Waals surface area (Å²) in [7, 11) is 0. The molecule has 0 radical (unpaired) electrons. The van der Waals surface area contributed by atoms with E-state index in [1.165, 1.54) is 6.20 Å². The van der Waals surface area contributed by atoms with Crippen LogP contribution in [0.3, 0.4) is 0 Å². The van der Waals surface area contributed by atoms with Crippen molar-refractivity contribution in [1.82, 2.24) is 25.5 Å². The molecule has 4 aromatic rings. The molecule has 0 saturated heterocycles. The van der Waals surface area contributed by atoms with Gasteiger partial charge >= 0.3 is 5.69 Å². The molecule has 2 aromatic heterocycles. The van der Waals surface area contributed by atoms with Gasteiger partial charge in [-0.05, 0) is 36.2 Å². The summed E-state index contributed by atoms with van der Waals surface area (Å²) < 4.78 is 0. The first-order chi connectivity index (χ1) is 14.1. The van der Waals surface area contributed by atoms with Crippen LogP contribution in [0.15, 0.2) is 59.7 Å². The maximum absolute atomic E-state index is 12.4. The van der Waals surface area contributed by atoms with Crippen LogP contribution in [0.5, 0.6) is 0 Å². The lowest BCUT2D eigenvalue weighted by Crippen LogP contribution is -2.25. The number of nitriles is 1. The Morgan fingerprint density at radius 3 is 2.72 bits per heavy atom. The van der Waals surface area contributed by atoms with Crippen LogP contribution >= 0.6 is 0 Å². The average Bonchev–Trinajstić information content (AvgIpc) is 3.17. The van der Waals surface area contributed by atoms with Crippen molar-refractivity contribution in [2.24, 2.45) is 0 Å². The number of hydrogen-bond acceptors (Lipinski definition) is 5. The van der Waals surface area contributed by atoms with E-state index < -0.39 is 5.69 Å². The van der Waals surface area contributed by atoms with Gasteiger partial charge in [-0.15, -0.1) is 0 Å². The number of aromatic amines is 2. The number of rotatable bonds is 5. The zero-order valence-corrected chi connectivity index (χ0v) is 15.3. The van der Waals surface area contributed by atoms with Crippen molar-refractivity contribution in [3.63, 3.8) is 0 Å². The fourth-order valence-corrected chi connectivity index (χ4v) is 3.06. The number of carbonyl (C=O) groups is 1. The van der Waals surface area contributed by atoms with E-state index in [0.717, 1.165) is 22.0 Å². The number of H-pyrrole nitrogens is 2. The minimum atomic E-state index is -0.510. The molecule has 4 rings (SSSR count). The lowest BCUT2D eigenvalue weighted by Gasteiger charge is -2.07. The first-order valence-corrected chi connectivity index (χ1v) is 8.94. The molecule has 0 unspecified atom stereocenters. The highest BCUT2D eigenvalue weighted by atomic mass is 16.2. The minimum Gasteiger partial charge on any atom is -0.360 e. The Kier molecular flexibility index (Phi) is 4.86. The van der Waals surface area contributed by atoms with E-state index in [4.69, 9.17) is 5.26 Å². The maximum Gasteiger partial charge on any atom is 0.361 e. The Labute approximate surface area is 165 Å². The summed E-state index contributed by atoms with van der Waals surface area (Å²) in [5.41, 5.74) is 3.86. The fourth-order valence-electron chi connectivity index (χ4n) is 3.06. The van der Waals surface area contributed by atoms with Crippen molar-refractivity contribution in [2.45, 2.75) is 6.42 Å². The van der Waals surface area contributed by atoms with Gasteiger partial charge in [0, 0.05) is 34.8 Å². The quantitative estimate of drug-likeness (QED) is 0.486. The van der Waals surface area contributed by atoms with E-state index >= 15 is 0 Å². The Morgan fingerprint density at radius 1 is 1.17 bits per heavy atom. The highest BCUT2D eigenvalue weighted by Crippen LogP contribution is 2.19. The third-order valence-electron chi connectivity index (χ3n) is 4.58. The molecule has 142 valence electrons. The van der Waals surface area contributed by atoms with Gasteiger partial charge in [-0.25, -0.2) is 9.89 Å². The Balaban J connectivity index is 1.38. The zero-order valence-electron chi connectivity index (χ0n) is 15.3. The second-order valence-electron chi connectivity index (χ2n) is 6.45. The summed E-state index contributed by atoms with van der Waals surface area (Å²) in [6, 6.07) is 14.9. The molecule has 8 heteroatoms. The first-order valence-electron chi connectivity index (χ1n) is 8.94. The normalized spacial score (nSPS) is 10.6. The van der Waals surface area contributed by atoms with Gasteiger partial charge in [-0.3, -0.25) is 4.79 Å². The molecule has 2 aromatic carbocycles. The molecule has 3 N–H and O–H groups in total. The average molecular weight is 384 g/mol. The molecule has 0 spiro atoms. The van der Waals surface area contributed by atoms with Crippen molar-refractivity contribution in [2.75, 3.05) is 6.54 Å². The first kappa shape index (κ1) is 18.1. The van der Waals surface area contributed by atoms with Crippen molar-refractivity contribution in [1.29, 1.82) is 5.26 Å². The van der Waals surface area contributed by atoms with Gasteiger partial charge in [0.2, 0.25) is 0 Å². The number of nitrogens with zero attached hydrogens (tertiary/aromatic N) is 3. The standard InChI is InChI=1S/C21H16N6O2/c22-10-16-11-24-18-6-1-13(9-17(16)18)7-8-23-20(28)15-4-2-14(3-5-15)19-12-25-21(29)27-26-19/h1-6,9,11-12,24H,7-8H2,(H,23,28)(H,25,27,29). The molecule has 0 bridgehead atoms. The summed E-state index contributed by atoms with van der Waals surface area (Å²) in [6.45, 7) is 0.476. The van der Waals surface area contributed by atoms with E-state index in [1.54, 1.807) is 30.5 Å². The van der Waals surface area contributed by atoms with E-state index in [1.807, 2.05) is 18.2 Å². The zero-order chi connectivity index (χ0) is 20.2. The Hall–Kier alpha value is -4.25. The highest BCUT2D eigenvalue weighted by molar-refractivity contribution is 5.94. The maximum atomic E-state index is 12.4. The Bertz CT molecular complexity index is 1260. The largest absolute Gasteiger partial charge is 0.361 e. The molecule has 0 aliphatic rings. The second kappa shape index (κ2) is 7.78. The number of carbonyl (C=O) groups excluding carboxylic acids is 1. The molecular formula is C21H16N6O2. The van der Waals surface area contributed by atoms with Gasteiger partial charge in [0.1, 0.15) is 11.8 Å². The van der Waals surface area contributed by atoms with Crippen molar-refractivity contribution in [3.8, 4) is 17.3 Å². The van der Waals surface area contributed by atoms with Crippen molar-refractivity contribution in [3.05, 3.63) is 82.0 Å². The molecule has 0 saturated carbocycles. The molecule has 0 aliphatic carbocycles. The summed E-state index contributed by atoms with van der Waals surface area (Å²) in [5, 5.41) is 19.1. The number of amides is 1. The smallest absolute Gasteiger partial charge is 0.360 e. The Morgan fingerprint density at radius 2 is 2.00 bits per heavy atom. The number of aromatic nitrogens is 4. The van der Waals surface area contributed by atoms with Crippen LogP contribution in [0.4, 0.5) is 0 Å². The third kappa shape index (κ3) is 3.89. The van der Waals surface area contributed by atoms with Gasteiger partial charge in [0.15, 0.2) is 0 Å². The molecule has 0 fully saturated rings. The van der Waals surface area contributed by atoms with E-state index in [0.29, 0.717) is 29.8 Å². The van der Waals surface area contributed by atoms with Crippen LogP contribution in [0.1, 0.15) is 21.5 Å². The molecule has 0 atom stereocenters. The van der Waals surface area contributed by atoms with Crippen LogP contribution < -0.4 is 11.0 Å². The summed E-state index contributed by atoms with van der Waals surface area (Å²) in [6.07, 6.45) is 3.73. The number of benzene rings is 2. The highest BCUT2D eigenvalue weighted by Gasteiger charge is 2.08. The van der Waals surface area contributed by atoms with Crippen LogP contribution in [0.2, 0.25) is 0 Å².